The minimum atomic E-state index is -0.604. The summed E-state index contributed by atoms with van der Waals surface area (Å²) in [6.07, 6.45) is 4.21. The summed E-state index contributed by atoms with van der Waals surface area (Å²) in [5.41, 5.74) is 7.38. The first-order valence-corrected chi connectivity index (χ1v) is 12.7. The zero-order valence-electron chi connectivity index (χ0n) is 20.8. The van der Waals surface area contributed by atoms with Crippen LogP contribution < -0.4 is 20.5 Å². The zero-order valence-corrected chi connectivity index (χ0v) is 21.6. The first kappa shape index (κ1) is 26.2. The molecule has 1 aromatic heterocycles. The van der Waals surface area contributed by atoms with Crippen LogP contribution in [-0.4, -0.2) is 35.6 Å². The lowest BCUT2D eigenvalue weighted by Gasteiger charge is -2.30. The van der Waals surface area contributed by atoms with Crippen LogP contribution in [0.3, 0.4) is 0 Å². The Balaban J connectivity index is 1.47. The van der Waals surface area contributed by atoms with E-state index in [1.807, 2.05) is 12.1 Å². The third kappa shape index (κ3) is 5.42. The lowest BCUT2D eigenvalue weighted by molar-refractivity contribution is 0.339. The number of halogens is 2. The van der Waals surface area contributed by atoms with E-state index in [0.29, 0.717) is 17.1 Å². The molecule has 3 aromatic rings. The molecule has 36 heavy (non-hydrogen) atoms. The van der Waals surface area contributed by atoms with Crippen molar-refractivity contribution < 1.29 is 18.3 Å². The van der Waals surface area contributed by atoms with Gasteiger partial charge in [-0.25, -0.2) is 18.7 Å². The summed E-state index contributed by atoms with van der Waals surface area (Å²) in [6.45, 7) is 2.85. The average Bonchev–Trinajstić information content (AvgIpc) is 2.89. The molecule has 0 unspecified atom stereocenters. The minimum absolute atomic E-state index is 0.000459. The van der Waals surface area contributed by atoms with Gasteiger partial charge in [-0.05, 0) is 73.2 Å². The number of ether oxygens (including phenoxy) is 2. The summed E-state index contributed by atoms with van der Waals surface area (Å²) >= 11 is 5.86. The number of rotatable bonds is 9. The molecule has 0 radical (unpaired) electrons. The van der Waals surface area contributed by atoms with Crippen molar-refractivity contribution in [2.75, 3.05) is 26.5 Å². The Bertz CT molecular complexity index is 1230. The van der Waals surface area contributed by atoms with Crippen LogP contribution in [0.1, 0.15) is 62.4 Å². The monoisotopic (exact) mass is 514 g/mol. The predicted octanol–water partition coefficient (Wildman–Crippen LogP) is 5.89. The van der Waals surface area contributed by atoms with Gasteiger partial charge in [-0.3, -0.25) is 0 Å². The maximum absolute atomic E-state index is 15.2. The fraction of sp³-hybridized carbons (Fsp3) is 0.444. The minimum Gasteiger partial charge on any atom is -0.493 e. The number of methoxy groups -OCH3 is 2. The second-order valence-corrected chi connectivity index (χ2v) is 9.69. The quantitative estimate of drug-likeness (QED) is 0.345. The standard InChI is InChI=1S/C27H32F2N4O2S/c1-4-31-20(15-9-11-18(28)12-10-15)14-22(36)16-5-7-17(8-6-16)27-32-24-19(26(30)33-27)13-21(34-2)25(35-3)23(24)29/h9-13,16-17,20,31H,4-8,14H2,1-3H3,(H2,30,32,33)/t16-,17+,20-/m1/s1. The van der Waals surface area contributed by atoms with E-state index in [4.69, 9.17) is 27.4 Å². The number of nitrogens with zero attached hydrogens (tertiary/aromatic N) is 2. The summed E-state index contributed by atoms with van der Waals surface area (Å²) in [5, 5.41) is 3.87. The zero-order chi connectivity index (χ0) is 25.8. The Morgan fingerprint density at radius 3 is 2.42 bits per heavy atom. The van der Waals surface area contributed by atoms with E-state index in [1.54, 1.807) is 6.07 Å². The maximum Gasteiger partial charge on any atom is 0.199 e. The van der Waals surface area contributed by atoms with E-state index < -0.39 is 5.82 Å². The molecule has 1 heterocycles. The molecule has 4 rings (SSSR count). The Labute approximate surface area is 215 Å². The normalized spacial score (nSPS) is 18.7. The van der Waals surface area contributed by atoms with Gasteiger partial charge in [0, 0.05) is 17.3 Å². The van der Waals surface area contributed by atoms with Gasteiger partial charge in [0.1, 0.15) is 23.0 Å². The van der Waals surface area contributed by atoms with Crippen LogP contribution in [0.5, 0.6) is 11.5 Å². The largest absolute Gasteiger partial charge is 0.493 e. The Morgan fingerprint density at radius 2 is 1.81 bits per heavy atom. The molecule has 0 bridgehead atoms. The summed E-state index contributed by atoms with van der Waals surface area (Å²) in [7, 11) is 2.83. The van der Waals surface area contributed by atoms with Gasteiger partial charge in [0.05, 0.1) is 14.2 Å². The van der Waals surface area contributed by atoms with E-state index in [9.17, 15) is 4.39 Å². The highest BCUT2D eigenvalue weighted by atomic mass is 32.1. The smallest absolute Gasteiger partial charge is 0.199 e. The van der Waals surface area contributed by atoms with Crippen LogP contribution in [-0.2, 0) is 0 Å². The van der Waals surface area contributed by atoms with Gasteiger partial charge in [0.2, 0.25) is 0 Å². The first-order valence-electron chi connectivity index (χ1n) is 12.2. The van der Waals surface area contributed by atoms with Crippen molar-refractivity contribution in [3.05, 3.63) is 53.4 Å². The molecule has 1 fully saturated rings. The highest BCUT2D eigenvalue weighted by Crippen LogP contribution is 2.40. The van der Waals surface area contributed by atoms with E-state index >= 15 is 4.39 Å². The molecule has 1 aliphatic carbocycles. The van der Waals surface area contributed by atoms with Gasteiger partial charge in [-0.2, -0.15) is 0 Å². The number of anilines is 1. The van der Waals surface area contributed by atoms with Gasteiger partial charge in [-0.1, -0.05) is 31.3 Å². The summed E-state index contributed by atoms with van der Waals surface area (Å²) in [6, 6.07) is 8.25. The number of thiocarbonyl (C=S) groups is 1. The molecule has 1 saturated carbocycles. The Kier molecular flexibility index (Phi) is 8.31. The van der Waals surface area contributed by atoms with Crippen molar-refractivity contribution in [1.82, 2.24) is 15.3 Å². The number of fused-ring (bicyclic) bond motifs is 1. The van der Waals surface area contributed by atoms with Gasteiger partial charge < -0.3 is 20.5 Å². The lowest BCUT2D eigenvalue weighted by atomic mass is 9.78. The van der Waals surface area contributed by atoms with E-state index in [2.05, 4.69) is 22.2 Å². The van der Waals surface area contributed by atoms with Crippen molar-refractivity contribution >= 4 is 33.8 Å². The number of hydrogen-bond acceptors (Lipinski definition) is 7. The number of hydrogen-bond donors (Lipinski definition) is 2. The highest BCUT2D eigenvalue weighted by molar-refractivity contribution is 7.80. The molecule has 0 amide bonds. The third-order valence-corrected chi connectivity index (χ3v) is 7.50. The van der Waals surface area contributed by atoms with Crippen LogP contribution in [0.4, 0.5) is 14.6 Å². The number of benzene rings is 2. The molecule has 1 aliphatic rings. The molecular weight excluding hydrogens is 482 g/mol. The van der Waals surface area contributed by atoms with E-state index in [-0.39, 0.29) is 40.6 Å². The predicted molar refractivity (Wildman–Crippen MR) is 142 cm³/mol. The number of nitrogen functional groups attached to an aromatic ring is 1. The van der Waals surface area contributed by atoms with E-state index in [0.717, 1.165) is 49.1 Å². The van der Waals surface area contributed by atoms with Crippen molar-refractivity contribution in [3.8, 4) is 11.5 Å². The van der Waals surface area contributed by atoms with E-state index in [1.165, 1.54) is 26.4 Å². The third-order valence-electron chi connectivity index (χ3n) is 7.00. The molecule has 0 aliphatic heterocycles. The van der Waals surface area contributed by atoms with Gasteiger partial charge >= 0.3 is 0 Å². The SMILES string of the molecule is CCN[C@H](CC(=S)[C@H]1CC[C@@H](c2nc(N)c3cc(OC)c(OC)c(F)c3n2)CC1)c1ccc(F)cc1. The molecule has 6 nitrogen and oxygen atoms in total. The van der Waals surface area contributed by atoms with Gasteiger partial charge in [-0.15, -0.1) is 0 Å². The molecule has 1 atom stereocenters. The second kappa shape index (κ2) is 11.4. The Morgan fingerprint density at radius 1 is 1.11 bits per heavy atom. The second-order valence-electron chi connectivity index (χ2n) is 9.17. The van der Waals surface area contributed by atoms with Crippen molar-refractivity contribution in [3.63, 3.8) is 0 Å². The van der Waals surface area contributed by atoms with Gasteiger partial charge in [0.15, 0.2) is 17.3 Å². The summed E-state index contributed by atoms with van der Waals surface area (Å²) in [4.78, 5) is 10.1. The van der Waals surface area contributed by atoms with Crippen molar-refractivity contribution in [1.29, 1.82) is 0 Å². The summed E-state index contributed by atoms with van der Waals surface area (Å²) < 4.78 is 39.0. The molecule has 192 valence electrons. The van der Waals surface area contributed by atoms with Gasteiger partial charge in [0.25, 0.3) is 0 Å². The van der Waals surface area contributed by atoms with Crippen LogP contribution in [0.15, 0.2) is 30.3 Å². The average molecular weight is 515 g/mol. The summed E-state index contributed by atoms with van der Waals surface area (Å²) in [5.74, 6) is 0.543. The van der Waals surface area contributed by atoms with Crippen LogP contribution in [0.25, 0.3) is 10.9 Å². The number of nitrogens with two attached hydrogens (primary N) is 1. The first-order chi connectivity index (χ1) is 17.4. The van der Waals surface area contributed by atoms with Crippen LogP contribution in [0.2, 0.25) is 0 Å². The maximum atomic E-state index is 15.2. The van der Waals surface area contributed by atoms with Crippen LogP contribution in [0, 0.1) is 17.6 Å². The van der Waals surface area contributed by atoms with Crippen LogP contribution >= 0.6 is 12.2 Å². The fourth-order valence-electron chi connectivity index (χ4n) is 5.04. The molecule has 9 heteroatoms. The Hall–Kier alpha value is -2.91. The van der Waals surface area contributed by atoms with Crippen molar-refractivity contribution in [2.24, 2.45) is 5.92 Å². The lowest BCUT2D eigenvalue weighted by Crippen LogP contribution is -2.27. The molecule has 3 N–H and O–H groups in total. The topological polar surface area (TPSA) is 82.3 Å². The molecule has 0 saturated heterocycles. The number of nitrogens with one attached hydrogen (secondary N) is 1. The highest BCUT2D eigenvalue weighted by Gasteiger charge is 2.29. The van der Waals surface area contributed by atoms with Crippen molar-refractivity contribution in [2.45, 2.75) is 51.0 Å². The number of aromatic nitrogens is 2. The molecule has 2 aromatic carbocycles. The fourth-order valence-corrected chi connectivity index (χ4v) is 5.44. The molecule has 0 spiro atoms. The molecular formula is C27H32F2N4O2S.